The van der Waals surface area contributed by atoms with E-state index in [4.69, 9.17) is 4.74 Å². The van der Waals surface area contributed by atoms with Crippen LogP contribution in [-0.4, -0.2) is 26.3 Å². The molecule has 0 aliphatic carbocycles. The van der Waals surface area contributed by atoms with Crippen LogP contribution < -0.4 is 4.74 Å². The number of carbonyl (C=O) groups is 2. The van der Waals surface area contributed by atoms with Crippen molar-refractivity contribution < 1.29 is 14.3 Å². The van der Waals surface area contributed by atoms with Gasteiger partial charge in [0.15, 0.2) is 10.5 Å². The highest BCUT2D eigenvalue weighted by Gasteiger charge is 2.30. The molecule has 3 heterocycles. The first-order valence-electron chi connectivity index (χ1n) is 8.58. The molecule has 5 rings (SSSR count). The van der Waals surface area contributed by atoms with Gasteiger partial charge in [-0.2, -0.15) is 0 Å². The molecule has 0 bridgehead atoms. The molecule has 7 heteroatoms. The van der Waals surface area contributed by atoms with Gasteiger partial charge in [0, 0.05) is 12.6 Å². The summed E-state index contributed by atoms with van der Waals surface area (Å²) in [6.07, 6.45) is 1.48. The standard InChI is InChI=1S/C21H13N3O3S/c1-24-18(12-7-3-2-4-8-12)23-20-19(24)22-16(28-20)11-14-17(25)13-9-5-6-10-15(13)27-21(14)26/h2-11H,1H3/b14-11-. The molecule has 4 aromatic rings. The lowest BCUT2D eigenvalue weighted by molar-refractivity contribution is -0.130. The first-order valence-corrected chi connectivity index (χ1v) is 9.40. The van der Waals surface area contributed by atoms with Crippen molar-refractivity contribution in [1.82, 2.24) is 14.5 Å². The van der Waals surface area contributed by atoms with Gasteiger partial charge < -0.3 is 9.30 Å². The number of para-hydroxylation sites is 1. The van der Waals surface area contributed by atoms with Crippen LogP contribution in [0.2, 0.25) is 0 Å². The lowest BCUT2D eigenvalue weighted by atomic mass is 10.00. The molecule has 0 unspecified atom stereocenters. The SMILES string of the molecule is Cn1c(-c2ccccc2)nc2sc(/C=C3\C(=O)Oc4ccccc4C3=O)nc21. The van der Waals surface area contributed by atoms with E-state index in [1.54, 1.807) is 24.3 Å². The number of esters is 1. The van der Waals surface area contributed by atoms with E-state index in [2.05, 4.69) is 9.97 Å². The summed E-state index contributed by atoms with van der Waals surface area (Å²) in [4.78, 5) is 34.9. The fraction of sp³-hybridized carbons (Fsp3) is 0.0476. The van der Waals surface area contributed by atoms with E-state index in [1.165, 1.54) is 17.4 Å². The molecule has 6 nitrogen and oxygen atoms in total. The Morgan fingerprint density at radius 3 is 2.54 bits per heavy atom. The molecule has 2 aromatic carbocycles. The molecule has 0 saturated carbocycles. The van der Waals surface area contributed by atoms with Crippen LogP contribution in [0.15, 0.2) is 60.2 Å². The fourth-order valence-corrected chi connectivity index (χ4v) is 4.09. The summed E-state index contributed by atoms with van der Waals surface area (Å²) in [5.74, 6) is 0.0775. The van der Waals surface area contributed by atoms with E-state index in [0.717, 1.165) is 16.2 Å². The summed E-state index contributed by atoms with van der Waals surface area (Å²) >= 11 is 1.33. The number of nitrogens with zero attached hydrogens (tertiary/aromatic N) is 3. The number of fused-ring (bicyclic) bond motifs is 2. The predicted molar refractivity (Wildman–Crippen MR) is 106 cm³/mol. The lowest BCUT2D eigenvalue weighted by Crippen LogP contribution is -2.24. The first kappa shape index (κ1) is 16.6. The number of hydrogen-bond donors (Lipinski definition) is 0. The fourth-order valence-electron chi connectivity index (χ4n) is 3.17. The Morgan fingerprint density at radius 1 is 1.00 bits per heavy atom. The van der Waals surface area contributed by atoms with Crippen molar-refractivity contribution in [2.24, 2.45) is 7.05 Å². The van der Waals surface area contributed by atoms with Gasteiger partial charge in [0.05, 0.1) is 5.56 Å². The van der Waals surface area contributed by atoms with Crippen LogP contribution in [0.4, 0.5) is 0 Å². The van der Waals surface area contributed by atoms with Gasteiger partial charge in [-0.3, -0.25) is 4.79 Å². The highest BCUT2D eigenvalue weighted by Crippen LogP contribution is 2.31. The van der Waals surface area contributed by atoms with E-state index in [0.29, 0.717) is 16.2 Å². The van der Waals surface area contributed by atoms with Crippen LogP contribution in [0.3, 0.4) is 0 Å². The molecule has 1 aliphatic heterocycles. The molecule has 28 heavy (non-hydrogen) atoms. The van der Waals surface area contributed by atoms with E-state index < -0.39 is 5.97 Å². The number of rotatable bonds is 2. The van der Waals surface area contributed by atoms with Crippen molar-refractivity contribution in [3.63, 3.8) is 0 Å². The minimum atomic E-state index is -0.666. The zero-order valence-corrected chi connectivity index (χ0v) is 15.6. The topological polar surface area (TPSA) is 74.1 Å². The molecule has 0 radical (unpaired) electrons. The van der Waals surface area contributed by atoms with Gasteiger partial charge in [-0.15, -0.1) is 0 Å². The predicted octanol–water partition coefficient (Wildman–Crippen LogP) is 3.88. The van der Waals surface area contributed by atoms with E-state index >= 15 is 0 Å². The van der Waals surface area contributed by atoms with E-state index in [1.807, 2.05) is 41.9 Å². The number of ether oxygens (including phenoxy) is 1. The third kappa shape index (κ3) is 2.56. The number of thiazole rings is 1. The summed E-state index contributed by atoms with van der Waals surface area (Å²) in [6.45, 7) is 0. The molecule has 0 amide bonds. The molecule has 1 aliphatic rings. The maximum absolute atomic E-state index is 12.7. The Kier molecular flexibility index (Phi) is 3.70. The van der Waals surface area contributed by atoms with Crippen LogP contribution in [-0.2, 0) is 11.8 Å². The van der Waals surface area contributed by atoms with Crippen LogP contribution in [0.25, 0.3) is 27.9 Å². The molecule has 0 N–H and O–H groups in total. The first-order chi connectivity index (χ1) is 13.6. The number of benzene rings is 2. The maximum atomic E-state index is 12.7. The summed E-state index contributed by atoms with van der Waals surface area (Å²) in [5.41, 5.74) is 2.05. The molecule has 0 saturated heterocycles. The normalized spacial score (nSPS) is 15.1. The highest BCUT2D eigenvalue weighted by atomic mass is 32.1. The average Bonchev–Trinajstić information content (AvgIpc) is 3.24. The quantitative estimate of drug-likeness (QED) is 0.226. The Labute approximate surface area is 163 Å². The van der Waals surface area contributed by atoms with Crippen LogP contribution in [0.1, 0.15) is 15.4 Å². The third-order valence-electron chi connectivity index (χ3n) is 4.55. The minimum Gasteiger partial charge on any atom is -0.422 e. The highest BCUT2D eigenvalue weighted by molar-refractivity contribution is 7.19. The van der Waals surface area contributed by atoms with Crippen LogP contribution in [0, 0.1) is 0 Å². The van der Waals surface area contributed by atoms with Crippen LogP contribution >= 0.6 is 11.3 Å². The van der Waals surface area contributed by atoms with Gasteiger partial charge >= 0.3 is 5.97 Å². The van der Waals surface area contributed by atoms with Gasteiger partial charge in [-0.1, -0.05) is 53.8 Å². The lowest BCUT2D eigenvalue weighted by Gasteiger charge is -2.15. The Bertz CT molecular complexity index is 1280. The number of ketones is 1. The number of imidazole rings is 1. The second-order valence-corrected chi connectivity index (χ2v) is 7.32. The van der Waals surface area contributed by atoms with Crippen molar-refractivity contribution in [2.75, 3.05) is 0 Å². The van der Waals surface area contributed by atoms with E-state index in [-0.39, 0.29) is 17.1 Å². The molecule has 0 fully saturated rings. The summed E-state index contributed by atoms with van der Waals surface area (Å²) in [6, 6.07) is 16.6. The van der Waals surface area contributed by atoms with E-state index in [9.17, 15) is 9.59 Å². The number of aryl methyl sites for hydroxylation is 1. The molecule has 0 atom stereocenters. The zero-order valence-electron chi connectivity index (χ0n) is 14.7. The molecule has 0 spiro atoms. The Hall–Kier alpha value is -3.58. The smallest absolute Gasteiger partial charge is 0.347 e. The largest absolute Gasteiger partial charge is 0.422 e. The summed E-state index contributed by atoms with van der Waals surface area (Å²) in [7, 11) is 1.89. The number of carbonyl (C=O) groups excluding carboxylic acids is 2. The summed E-state index contributed by atoms with van der Waals surface area (Å²) < 4.78 is 7.17. The number of aromatic nitrogens is 3. The number of Topliss-reactive ketones (excluding diaryl/α,β-unsaturated/α-hetero) is 1. The zero-order chi connectivity index (χ0) is 19.3. The van der Waals surface area contributed by atoms with Gasteiger partial charge in [0.25, 0.3) is 0 Å². The molecule has 136 valence electrons. The van der Waals surface area contributed by atoms with Gasteiger partial charge in [-0.25, -0.2) is 14.8 Å². The maximum Gasteiger partial charge on any atom is 0.347 e. The summed E-state index contributed by atoms with van der Waals surface area (Å²) in [5, 5.41) is 0.535. The third-order valence-corrected chi connectivity index (χ3v) is 5.44. The Balaban J connectivity index is 1.56. The molecular weight excluding hydrogens is 374 g/mol. The monoisotopic (exact) mass is 387 g/mol. The van der Waals surface area contributed by atoms with Crippen molar-refractivity contribution in [3.8, 4) is 17.1 Å². The Morgan fingerprint density at radius 2 is 1.75 bits per heavy atom. The molecule has 2 aromatic heterocycles. The van der Waals surface area contributed by atoms with Crippen molar-refractivity contribution in [2.45, 2.75) is 0 Å². The molecular formula is C21H13N3O3S. The van der Waals surface area contributed by atoms with Crippen molar-refractivity contribution in [3.05, 3.63) is 70.7 Å². The van der Waals surface area contributed by atoms with Gasteiger partial charge in [0.2, 0.25) is 5.78 Å². The number of hydrogen-bond acceptors (Lipinski definition) is 6. The van der Waals surface area contributed by atoms with Crippen molar-refractivity contribution in [1.29, 1.82) is 0 Å². The van der Waals surface area contributed by atoms with Gasteiger partial charge in [0.1, 0.15) is 22.2 Å². The second kappa shape index (κ2) is 6.24. The average molecular weight is 387 g/mol. The minimum absolute atomic E-state index is 0.0268. The van der Waals surface area contributed by atoms with Gasteiger partial charge in [-0.05, 0) is 18.2 Å². The van der Waals surface area contributed by atoms with Crippen LogP contribution in [0.5, 0.6) is 5.75 Å². The van der Waals surface area contributed by atoms with Crippen molar-refractivity contribution >= 4 is 39.6 Å². The second-order valence-electron chi connectivity index (χ2n) is 6.31.